The van der Waals surface area contributed by atoms with Gasteiger partial charge in [0.2, 0.25) is 0 Å². The Morgan fingerprint density at radius 3 is 3.00 bits per heavy atom. The van der Waals surface area contributed by atoms with Crippen LogP contribution in [0, 0.1) is 5.92 Å². The molecule has 1 fully saturated rings. The minimum atomic E-state index is -0.292. The molecule has 21 heavy (non-hydrogen) atoms. The van der Waals surface area contributed by atoms with Gasteiger partial charge in [0.15, 0.2) is 0 Å². The van der Waals surface area contributed by atoms with E-state index in [2.05, 4.69) is 22.5 Å². The Kier molecular flexibility index (Phi) is 2.88. The number of hydrogen-bond donors (Lipinski definition) is 1. The predicted molar refractivity (Wildman–Crippen MR) is 80.6 cm³/mol. The number of carbonyl (C=O) groups excluding carboxylic acids is 1. The highest BCUT2D eigenvalue weighted by Crippen LogP contribution is 2.34. The lowest BCUT2D eigenvalue weighted by molar-refractivity contribution is 0.253. The van der Waals surface area contributed by atoms with Crippen molar-refractivity contribution < 1.29 is 9.53 Å². The van der Waals surface area contributed by atoms with Crippen molar-refractivity contribution in [2.75, 3.05) is 6.61 Å². The van der Waals surface area contributed by atoms with Crippen LogP contribution in [0.5, 0.6) is 5.75 Å². The van der Waals surface area contributed by atoms with Gasteiger partial charge in [0.05, 0.1) is 18.0 Å². The number of nitrogens with zero attached hydrogens (tertiary/aromatic N) is 1. The number of benzene rings is 1. The summed E-state index contributed by atoms with van der Waals surface area (Å²) >= 11 is 0. The summed E-state index contributed by atoms with van der Waals surface area (Å²) in [6, 6.07) is 7.81. The lowest BCUT2D eigenvalue weighted by Gasteiger charge is -2.18. The van der Waals surface area contributed by atoms with Crippen LogP contribution in [0.4, 0.5) is 4.79 Å². The fourth-order valence-electron chi connectivity index (χ4n) is 2.63. The second-order valence-corrected chi connectivity index (χ2v) is 5.68. The summed E-state index contributed by atoms with van der Waals surface area (Å²) in [4.78, 5) is 15.2. The molecule has 0 saturated heterocycles. The third kappa shape index (κ3) is 2.49. The van der Waals surface area contributed by atoms with Crippen LogP contribution in [0.25, 0.3) is 0 Å². The van der Waals surface area contributed by atoms with E-state index in [-0.39, 0.29) is 11.9 Å². The first-order valence-corrected chi connectivity index (χ1v) is 7.31. The zero-order valence-corrected chi connectivity index (χ0v) is 11.6. The summed E-state index contributed by atoms with van der Waals surface area (Å²) in [5, 5.41) is 2.76. The van der Waals surface area contributed by atoms with Crippen LogP contribution < -0.4 is 10.1 Å². The highest BCUT2D eigenvalue weighted by molar-refractivity contribution is 6.19. The fraction of sp³-hybridized carbons (Fsp3) is 0.294. The minimum Gasteiger partial charge on any atom is -0.493 e. The zero-order chi connectivity index (χ0) is 14.2. The van der Waals surface area contributed by atoms with E-state index in [0.29, 0.717) is 5.71 Å². The Hall–Kier alpha value is -2.36. The van der Waals surface area contributed by atoms with E-state index in [4.69, 9.17) is 4.74 Å². The first-order valence-electron chi connectivity index (χ1n) is 7.31. The molecule has 4 nitrogen and oxygen atoms in total. The van der Waals surface area contributed by atoms with Crippen LogP contribution in [0.3, 0.4) is 0 Å². The van der Waals surface area contributed by atoms with Gasteiger partial charge < -0.3 is 10.1 Å². The number of para-hydroxylation sites is 1. The first kappa shape index (κ1) is 12.4. The van der Waals surface area contributed by atoms with Gasteiger partial charge in [-0.3, -0.25) is 0 Å². The van der Waals surface area contributed by atoms with Crippen molar-refractivity contribution in [3.05, 3.63) is 53.8 Å². The van der Waals surface area contributed by atoms with E-state index >= 15 is 0 Å². The first-order chi connectivity index (χ1) is 10.3. The number of nitrogens with one attached hydrogen (secondary N) is 1. The van der Waals surface area contributed by atoms with Gasteiger partial charge in [-0.25, -0.2) is 4.79 Å². The van der Waals surface area contributed by atoms with Crippen molar-refractivity contribution in [1.82, 2.24) is 5.32 Å². The van der Waals surface area contributed by atoms with Crippen LogP contribution in [-0.4, -0.2) is 18.3 Å². The third-order valence-corrected chi connectivity index (χ3v) is 4.00. The molecule has 1 unspecified atom stereocenters. The molecule has 0 spiro atoms. The summed E-state index contributed by atoms with van der Waals surface area (Å²) in [5.41, 5.74) is 2.64. The molecule has 4 heteroatoms. The average Bonchev–Trinajstić information content (AvgIpc) is 3.25. The largest absolute Gasteiger partial charge is 0.493 e. The molecule has 1 aromatic carbocycles. The standard InChI is InChI=1S/C17H16N2O2/c20-17-18-14-8-7-12(9-15(14)19-17)13-3-1-2-4-16(13)21-10-11-5-6-11/h1-4,7-9,11-12H,5-6,10H2,(H,19,20). The van der Waals surface area contributed by atoms with Crippen molar-refractivity contribution in [3.63, 3.8) is 0 Å². The normalized spacial score (nSPS) is 23.2. The molecule has 2 aliphatic carbocycles. The van der Waals surface area contributed by atoms with E-state index in [0.717, 1.165) is 29.5 Å². The van der Waals surface area contributed by atoms with E-state index in [1.807, 2.05) is 30.4 Å². The van der Waals surface area contributed by atoms with Gasteiger partial charge in [-0.05, 0) is 37.0 Å². The maximum absolute atomic E-state index is 11.3. The van der Waals surface area contributed by atoms with Crippen LogP contribution in [0.2, 0.25) is 0 Å². The maximum atomic E-state index is 11.3. The molecule has 1 atom stereocenters. The van der Waals surface area contributed by atoms with E-state index in [9.17, 15) is 4.79 Å². The lowest BCUT2D eigenvalue weighted by atomic mass is 9.92. The Morgan fingerprint density at radius 1 is 1.29 bits per heavy atom. The second-order valence-electron chi connectivity index (χ2n) is 5.68. The Bertz CT molecular complexity index is 684. The van der Waals surface area contributed by atoms with Gasteiger partial charge in [-0.2, -0.15) is 4.99 Å². The topological polar surface area (TPSA) is 50.7 Å². The highest BCUT2D eigenvalue weighted by Gasteiger charge is 2.25. The Labute approximate surface area is 123 Å². The zero-order valence-electron chi connectivity index (χ0n) is 11.6. The number of carbonyl (C=O) groups is 1. The van der Waals surface area contributed by atoms with Crippen LogP contribution in [0.15, 0.2) is 53.2 Å². The molecule has 2 amide bonds. The molecule has 3 aliphatic rings. The number of allylic oxidation sites excluding steroid dienone is 3. The number of hydrogen-bond acceptors (Lipinski definition) is 2. The smallest absolute Gasteiger partial charge is 0.346 e. The molecular weight excluding hydrogens is 264 g/mol. The molecule has 106 valence electrons. The minimum absolute atomic E-state index is 0.104. The molecule has 1 N–H and O–H groups in total. The molecule has 0 radical (unpaired) electrons. The van der Waals surface area contributed by atoms with Crippen molar-refractivity contribution in [1.29, 1.82) is 0 Å². The van der Waals surface area contributed by atoms with Crippen LogP contribution in [0.1, 0.15) is 24.3 Å². The molecule has 1 heterocycles. The van der Waals surface area contributed by atoms with Gasteiger partial charge in [0.1, 0.15) is 5.75 Å². The van der Waals surface area contributed by atoms with E-state index in [1.165, 1.54) is 12.8 Å². The van der Waals surface area contributed by atoms with Crippen molar-refractivity contribution >= 4 is 11.7 Å². The fourth-order valence-corrected chi connectivity index (χ4v) is 2.63. The number of ether oxygens (including phenoxy) is 1. The average molecular weight is 280 g/mol. The number of rotatable bonds is 4. The molecule has 1 saturated carbocycles. The van der Waals surface area contributed by atoms with Crippen molar-refractivity contribution in [2.24, 2.45) is 10.9 Å². The number of urea groups is 1. The van der Waals surface area contributed by atoms with E-state index in [1.54, 1.807) is 0 Å². The van der Waals surface area contributed by atoms with Gasteiger partial charge in [0.25, 0.3) is 0 Å². The molecule has 1 aliphatic heterocycles. The van der Waals surface area contributed by atoms with Gasteiger partial charge in [-0.1, -0.05) is 24.3 Å². The van der Waals surface area contributed by atoms with Crippen LogP contribution in [-0.2, 0) is 0 Å². The molecule has 0 aromatic heterocycles. The number of fused-ring (bicyclic) bond motifs is 1. The number of amides is 2. The monoisotopic (exact) mass is 280 g/mol. The summed E-state index contributed by atoms with van der Waals surface area (Å²) in [7, 11) is 0. The van der Waals surface area contributed by atoms with E-state index < -0.39 is 0 Å². The molecule has 4 rings (SSSR count). The lowest BCUT2D eigenvalue weighted by Crippen LogP contribution is -2.17. The molecular formula is C17H16N2O2. The van der Waals surface area contributed by atoms with Crippen molar-refractivity contribution in [2.45, 2.75) is 18.8 Å². The van der Waals surface area contributed by atoms with Crippen molar-refractivity contribution in [3.8, 4) is 5.75 Å². The quantitative estimate of drug-likeness (QED) is 0.921. The third-order valence-electron chi connectivity index (χ3n) is 4.00. The van der Waals surface area contributed by atoms with Gasteiger partial charge in [0, 0.05) is 11.5 Å². The highest BCUT2D eigenvalue weighted by atomic mass is 16.5. The number of aliphatic imine (C=N–C) groups is 1. The summed E-state index contributed by atoms with van der Waals surface area (Å²) in [6.45, 7) is 0.799. The molecule has 1 aromatic rings. The summed E-state index contributed by atoms with van der Waals surface area (Å²) in [6.07, 6.45) is 8.55. The summed E-state index contributed by atoms with van der Waals surface area (Å²) in [5.74, 6) is 1.76. The SMILES string of the molecule is O=C1N=C2C=CC(c3ccccc3OCC3CC3)C=C2N1. The Balaban J connectivity index is 1.60. The molecule has 0 bridgehead atoms. The summed E-state index contributed by atoms with van der Waals surface area (Å²) < 4.78 is 5.97. The Morgan fingerprint density at radius 2 is 2.14 bits per heavy atom. The predicted octanol–water partition coefficient (Wildman–Crippen LogP) is 3.18. The van der Waals surface area contributed by atoms with Gasteiger partial charge in [-0.15, -0.1) is 0 Å². The van der Waals surface area contributed by atoms with Gasteiger partial charge >= 0.3 is 6.03 Å². The van der Waals surface area contributed by atoms with Crippen LogP contribution >= 0.6 is 0 Å². The second kappa shape index (κ2) is 4.88. The maximum Gasteiger partial charge on any atom is 0.346 e.